The number of hydrogen-bond acceptors (Lipinski definition) is 8. The number of nitrogens with one attached hydrogen (secondary N) is 2. The Labute approximate surface area is 205 Å². The average Bonchev–Trinajstić information content (AvgIpc) is 3.19. The first-order valence-corrected chi connectivity index (χ1v) is 12.1. The Balaban J connectivity index is 1.58. The second-order valence-corrected chi connectivity index (χ2v) is 8.67. The lowest BCUT2D eigenvalue weighted by Crippen LogP contribution is -2.28. The van der Waals surface area contributed by atoms with E-state index in [-0.39, 0.29) is 11.8 Å². The number of nitrogens with zero attached hydrogens (tertiary/aromatic N) is 4. The first-order chi connectivity index (χ1) is 17.1. The van der Waals surface area contributed by atoms with Crippen LogP contribution in [0.25, 0.3) is 0 Å². The first kappa shape index (κ1) is 24.4. The van der Waals surface area contributed by atoms with E-state index in [1.807, 2.05) is 13.1 Å². The zero-order valence-electron chi connectivity index (χ0n) is 20.2. The van der Waals surface area contributed by atoms with Crippen LogP contribution in [0.5, 0.6) is 11.5 Å². The van der Waals surface area contributed by atoms with Crippen molar-refractivity contribution >= 4 is 35.4 Å². The predicted molar refractivity (Wildman–Crippen MR) is 134 cm³/mol. The van der Waals surface area contributed by atoms with Gasteiger partial charge in [0, 0.05) is 38.8 Å². The summed E-state index contributed by atoms with van der Waals surface area (Å²) in [7, 11) is 3.44. The van der Waals surface area contributed by atoms with Crippen LogP contribution in [0.2, 0.25) is 0 Å². The maximum Gasteiger partial charge on any atom is 0.238 e. The smallest absolute Gasteiger partial charge is 0.238 e. The van der Waals surface area contributed by atoms with Crippen LogP contribution in [0, 0.1) is 0 Å². The van der Waals surface area contributed by atoms with Gasteiger partial charge in [0.15, 0.2) is 11.5 Å². The number of carbonyl (C=O) groups is 2. The topological polar surface area (TPSA) is 118 Å². The second-order valence-electron chi connectivity index (χ2n) is 8.67. The summed E-state index contributed by atoms with van der Waals surface area (Å²) in [5.74, 6) is 1.62. The van der Waals surface area contributed by atoms with Crippen LogP contribution in [0.15, 0.2) is 29.5 Å². The molecule has 0 radical (unpaired) electrons. The number of hydrogen-bond donors (Lipinski definition) is 2. The number of fused-ring (bicyclic) bond motifs is 2. The number of aliphatic imine (C=N–C) groups is 1. The van der Waals surface area contributed by atoms with E-state index >= 15 is 0 Å². The van der Waals surface area contributed by atoms with E-state index in [1.54, 1.807) is 30.4 Å². The van der Waals surface area contributed by atoms with E-state index in [0.29, 0.717) is 60.5 Å². The van der Waals surface area contributed by atoms with E-state index < -0.39 is 5.92 Å². The molecule has 2 aliphatic heterocycles. The molecule has 1 aromatic heterocycles. The highest BCUT2D eigenvalue weighted by molar-refractivity contribution is 6.13. The van der Waals surface area contributed by atoms with Crippen molar-refractivity contribution in [1.29, 1.82) is 0 Å². The Morgan fingerprint density at radius 3 is 2.77 bits per heavy atom. The monoisotopic (exact) mass is 480 g/mol. The zero-order valence-corrected chi connectivity index (χ0v) is 20.2. The van der Waals surface area contributed by atoms with Crippen LogP contribution in [0.1, 0.15) is 50.0 Å². The van der Waals surface area contributed by atoms with Gasteiger partial charge in [-0.3, -0.25) is 14.6 Å². The van der Waals surface area contributed by atoms with Crippen molar-refractivity contribution in [3.8, 4) is 11.5 Å². The molecule has 2 bridgehead atoms. The number of amides is 2. The van der Waals surface area contributed by atoms with Crippen molar-refractivity contribution in [2.24, 2.45) is 4.99 Å². The van der Waals surface area contributed by atoms with Crippen molar-refractivity contribution in [1.82, 2.24) is 14.9 Å². The summed E-state index contributed by atoms with van der Waals surface area (Å²) in [5, 5.41) is 6.11. The van der Waals surface area contributed by atoms with Crippen molar-refractivity contribution in [3.05, 3.63) is 30.1 Å². The largest absolute Gasteiger partial charge is 0.493 e. The molecular weight excluding hydrogens is 448 g/mol. The third-order valence-electron chi connectivity index (χ3n) is 6.17. The van der Waals surface area contributed by atoms with Gasteiger partial charge in [-0.25, -0.2) is 9.97 Å². The minimum absolute atomic E-state index is 0.155. The number of carbonyl (C=O) groups excluding carboxylic acids is 2. The van der Waals surface area contributed by atoms with E-state index in [1.165, 1.54) is 6.33 Å². The van der Waals surface area contributed by atoms with Gasteiger partial charge in [-0.2, -0.15) is 0 Å². The molecule has 0 saturated heterocycles. The molecule has 35 heavy (non-hydrogen) atoms. The van der Waals surface area contributed by atoms with E-state index in [4.69, 9.17) is 9.47 Å². The Bertz CT molecular complexity index is 1090. The summed E-state index contributed by atoms with van der Waals surface area (Å²) in [6, 6.07) is 5.43. The highest BCUT2D eigenvalue weighted by Gasteiger charge is 2.33. The normalized spacial score (nSPS) is 19.6. The van der Waals surface area contributed by atoms with E-state index in [9.17, 15) is 9.59 Å². The molecule has 1 unspecified atom stereocenters. The Kier molecular flexibility index (Phi) is 8.12. The molecule has 4 rings (SSSR count). The van der Waals surface area contributed by atoms with E-state index in [0.717, 1.165) is 32.1 Å². The fourth-order valence-corrected chi connectivity index (χ4v) is 4.17. The molecule has 0 saturated carbocycles. The number of ether oxygens (including phenoxy) is 2. The lowest BCUT2D eigenvalue weighted by Gasteiger charge is -2.18. The van der Waals surface area contributed by atoms with Crippen LogP contribution in [0.3, 0.4) is 0 Å². The lowest BCUT2D eigenvalue weighted by molar-refractivity contribution is -0.130. The van der Waals surface area contributed by atoms with Crippen molar-refractivity contribution in [2.45, 2.75) is 44.4 Å². The molecule has 1 aromatic carbocycles. The molecule has 186 valence electrons. The molecule has 0 aliphatic carbocycles. The molecule has 10 heteroatoms. The molecule has 2 aliphatic rings. The average molecular weight is 481 g/mol. The molecule has 0 spiro atoms. The molecule has 3 heterocycles. The van der Waals surface area contributed by atoms with Crippen molar-refractivity contribution in [2.75, 3.05) is 44.5 Å². The number of rotatable bonds is 1. The summed E-state index contributed by atoms with van der Waals surface area (Å²) in [5.41, 5.74) is 1.32. The Morgan fingerprint density at radius 1 is 1.09 bits per heavy atom. The van der Waals surface area contributed by atoms with Gasteiger partial charge in [0.25, 0.3) is 0 Å². The van der Waals surface area contributed by atoms with Crippen LogP contribution in [-0.2, 0) is 9.59 Å². The van der Waals surface area contributed by atoms with Crippen LogP contribution < -0.4 is 20.1 Å². The maximum atomic E-state index is 12.7. The summed E-state index contributed by atoms with van der Waals surface area (Å²) in [4.78, 5) is 40.0. The van der Waals surface area contributed by atoms with Crippen LogP contribution >= 0.6 is 0 Å². The zero-order chi connectivity index (χ0) is 24.6. The fourth-order valence-electron chi connectivity index (χ4n) is 4.17. The van der Waals surface area contributed by atoms with Crippen LogP contribution in [0.4, 0.5) is 17.3 Å². The standard InChI is InChI=1S/C25H32N6O4/c1-31-12-7-11-26-23-22-18(25(33)30-24(22)29-16-28-23)15-27-17-9-10-19(34-2)20(14-17)35-13-6-4-3-5-8-21(31)32/h9-10,14-16,18H,3-8,11-13H2,1-2H3,(H2,26,28,29,30,33). The minimum Gasteiger partial charge on any atom is -0.493 e. The first-order valence-electron chi connectivity index (χ1n) is 12.1. The molecule has 2 aromatic rings. The van der Waals surface area contributed by atoms with Crippen molar-refractivity contribution < 1.29 is 19.1 Å². The Morgan fingerprint density at radius 2 is 1.91 bits per heavy atom. The minimum atomic E-state index is -0.626. The maximum absolute atomic E-state index is 12.7. The van der Waals surface area contributed by atoms with Gasteiger partial charge in [0.05, 0.1) is 25.0 Å². The second kappa shape index (κ2) is 11.6. The van der Waals surface area contributed by atoms with Gasteiger partial charge in [0.2, 0.25) is 11.8 Å². The fraction of sp³-hybridized carbons (Fsp3) is 0.480. The predicted octanol–water partition coefficient (Wildman–Crippen LogP) is 3.53. The van der Waals surface area contributed by atoms with Gasteiger partial charge in [0.1, 0.15) is 23.9 Å². The molecule has 2 amide bonds. The van der Waals surface area contributed by atoms with Crippen LogP contribution in [-0.4, -0.2) is 66.8 Å². The summed E-state index contributed by atoms with van der Waals surface area (Å²) >= 11 is 0. The Hall–Kier alpha value is -3.69. The van der Waals surface area contributed by atoms with Crippen molar-refractivity contribution in [3.63, 3.8) is 0 Å². The van der Waals surface area contributed by atoms with Gasteiger partial charge in [-0.1, -0.05) is 12.8 Å². The molecule has 10 nitrogen and oxygen atoms in total. The quantitative estimate of drug-likeness (QED) is 0.641. The summed E-state index contributed by atoms with van der Waals surface area (Å²) < 4.78 is 11.4. The SMILES string of the molecule is COc1ccc2cc1OCCCCCCC(=O)N(C)CCCNc1ncnc3c1C(C=N2)C(=O)N3. The summed E-state index contributed by atoms with van der Waals surface area (Å²) in [6.07, 6.45) is 8.05. The van der Waals surface area contributed by atoms with Gasteiger partial charge in [-0.15, -0.1) is 0 Å². The third kappa shape index (κ3) is 6.06. The van der Waals surface area contributed by atoms with Gasteiger partial charge < -0.3 is 25.0 Å². The summed E-state index contributed by atoms with van der Waals surface area (Å²) in [6.45, 7) is 1.80. The van der Waals surface area contributed by atoms with Gasteiger partial charge in [-0.05, 0) is 31.4 Å². The highest BCUT2D eigenvalue weighted by Crippen LogP contribution is 2.36. The molecule has 2 N–H and O–H groups in total. The number of aromatic nitrogens is 2. The highest BCUT2D eigenvalue weighted by atomic mass is 16.5. The molecule has 0 fully saturated rings. The van der Waals surface area contributed by atoms with E-state index in [2.05, 4.69) is 25.6 Å². The number of anilines is 2. The lowest BCUT2D eigenvalue weighted by atomic mass is 10.0. The number of methoxy groups -OCH3 is 1. The molecule has 1 atom stereocenters. The molecular formula is C25H32N6O4. The third-order valence-corrected chi connectivity index (χ3v) is 6.17. The number of benzene rings is 1. The van der Waals surface area contributed by atoms with Gasteiger partial charge >= 0.3 is 0 Å².